The van der Waals surface area contributed by atoms with Crippen LogP contribution in [0.4, 0.5) is 0 Å². The molecule has 1 aliphatic heterocycles. The van der Waals surface area contributed by atoms with Crippen LogP contribution in [0.15, 0.2) is 30.3 Å². The molecule has 2 nitrogen and oxygen atoms in total. The normalized spacial score (nSPS) is 19.7. The smallest absolute Gasteiger partial charge is 0.119 e. The molecule has 1 atom stereocenters. The van der Waals surface area contributed by atoms with Crippen LogP contribution >= 0.6 is 0 Å². The van der Waals surface area contributed by atoms with Gasteiger partial charge in [-0.15, -0.1) is 0 Å². The average molecular weight is 247 g/mol. The van der Waals surface area contributed by atoms with E-state index in [1.54, 1.807) is 0 Å². The molecule has 18 heavy (non-hydrogen) atoms. The van der Waals surface area contributed by atoms with Gasteiger partial charge in [0.2, 0.25) is 0 Å². The van der Waals surface area contributed by atoms with E-state index in [0.29, 0.717) is 6.10 Å². The van der Waals surface area contributed by atoms with E-state index in [1.165, 1.54) is 32.5 Å². The molecule has 0 spiro atoms. The fourth-order valence-electron chi connectivity index (χ4n) is 2.44. The van der Waals surface area contributed by atoms with Crippen molar-refractivity contribution >= 4 is 0 Å². The maximum atomic E-state index is 5.90. The van der Waals surface area contributed by atoms with E-state index in [1.807, 2.05) is 30.3 Å². The zero-order valence-corrected chi connectivity index (χ0v) is 11.6. The molecule has 1 aliphatic rings. The quantitative estimate of drug-likeness (QED) is 0.788. The summed E-state index contributed by atoms with van der Waals surface area (Å²) < 4.78 is 5.90. The summed E-state index contributed by atoms with van der Waals surface area (Å²) in [6, 6.07) is 10.1. The van der Waals surface area contributed by atoms with Crippen LogP contribution in [0.1, 0.15) is 33.1 Å². The minimum absolute atomic E-state index is 0.298. The first-order valence-electron chi connectivity index (χ1n) is 7.18. The third-order valence-electron chi connectivity index (χ3n) is 3.81. The molecule has 0 N–H and O–H groups in total. The lowest BCUT2D eigenvalue weighted by atomic mass is 9.99. The van der Waals surface area contributed by atoms with E-state index in [4.69, 9.17) is 4.74 Å². The minimum atomic E-state index is 0.298. The topological polar surface area (TPSA) is 12.5 Å². The van der Waals surface area contributed by atoms with Gasteiger partial charge in [0.05, 0.1) is 6.10 Å². The summed E-state index contributed by atoms with van der Waals surface area (Å²) in [5.74, 6) is 1.90. The number of piperidine rings is 1. The Labute approximate surface area is 111 Å². The van der Waals surface area contributed by atoms with Crippen LogP contribution in [0.2, 0.25) is 0 Å². The largest absolute Gasteiger partial charge is 0.491 e. The van der Waals surface area contributed by atoms with Gasteiger partial charge in [0.25, 0.3) is 0 Å². The van der Waals surface area contributed by atoms with E-state index >= 15 is 0 Å². The fourth-order valence-corrected chi connectivity index (χ4v) is 2.44. The third kappa shape index (κ3) is 4.34. The van der Waals surface area contributed by atoms with Gasteiger partial charge in [-0.05, 0) is 57.3 Å². The summed E-state index contributed by atoms with van der Waals surface area (Å²) in [6.07, 6.45) is 4.12. The second-order valence-electron chi connectivity index (χ2n) is 5.55. The molecule has 0 saturated carbocycles. The van der Waals surface area contributed by atoms with E-state index in [-0.39, 0.29) is 0 Å². The third-order valence-corrected chi connectivity index (χ3v) is 3.81. The summed E-state index contributed by atoms with van der Waals surface area (Å²) in [7, 11) is 0. The number of hydrogen-bond acceptors (Lipinski definition) is 2. The molecule has 1 heterocycles. The molecule has 0 aromatic heterocycles. The SMILES string of the molecule is CC1CCN(CCC(C)Oc2ccccc2)CC1. The van der Waals surface area contributed by atoms with Gasteiger partial charge in [-0.3, -0.25) is 0 Å². The van der Waals surface area contributed by atoms with Crippen molar-refractivity contribution in [3.8, 4) is 5.75 Å². The highest BCUT2D eigenvalue weighted by Gasteiger charge is 2.16. The van der Waals surface area contributed by atoms with Crippen molar-refractivity contribution in [2.75, 3.05) is 19.6 Å². The van der Waals surface area contributed by atoms with Crippen LogP contribution < -0.4 is 4.74 Å². The number of para-hydroxylation sites is 1. The molecule has 0 amide bonds. The summed E-state index contributed by atoms with van der Waals surface area (Å²) in [4.78, 5) is 2.57. The maximum absolute atomic E-state index is 5.90. The van der Waals surface area contributed by atoms with Crippen LogP contribution in [-0.4, -0.2) is 30.6 Å². The molecule has 100 valence electrons. The molecule has 2 rings (SSSR count). The lowest BCUT2D eigenvalue weighted by molar-refractivity contribution is 0.149. The second-order valence-corrected chi connectivity index (χ2v) is 5.55. The van der Waals surface area contributed by atoms with Crippen LogP contribution in [0.5, 0.6) is 5.75 Å². The van der Waals surface area contributed by atoms with Crippen molar-refractivity contribution in [1.29, 1.82) is 0 Å². The van der Waals surface area contributed by atoms with Crippen LogP contribution in [0.25, 0.3) is 0 Å². The fraction of sp³-hybridized carbons (Fsp3) is 0.625. The Morgan fingerprint density at radius 3 is 2.56 bits per heavy atom. The van der Waals surface area contributed by atoms with Crippen molar-refractivity contribution < 1.29 is 4.74 Å². The van der Waals surface area contributed by atoms with Gasteiger partial charge in [0.15, 0.2) is 0 Å². The number of rotatable bonds is 5. The monoisotopic (exact) mass is 247 g/mol. The van der Waals surface area contributed by atoms with E-state index in [9.17, 15) is 0 Å². The highest BCUT2D eigenvalue weighted by molar-refractivity contribution is 5.21. The first kappa shape index (κ1) is 13.4. The predicted octanol–water partition coefficient (Wildman–Crippen LogP) is 3.58. The molecular formula is C16H25NO. The van der Waals surface area contributed by atoms with Gasteiger partial charge < -0.3 is 9.64 Å². The van der Waals surface area contributed by atoms with Crippen LogP contribution in [-0.2, 0) is 0 Å². The Kier molecular flexibility index (Phi) is 5.06. The van der Waals surface area contributed by atoms with Gasteiger partial charge in [0.1, 0.15) is 5.75 Å². The average Bonchev–Trinajstić information content (AvgIpc) is 2.39. The highest BCUT2D eigenvalue weighted by Crippen LogP contribution is 2.17. The van der Waals surface area contributed by atoms with E-state index in [2.05, 4.69) is 18.7 Å². The van der Waals surface area contributed by atoms with Crippen molar-refractivity contribution in [3.05, 3.63) is 30.3 Å². The summed E-state index contributed by atoms with van der Waals surface area (Å²) in [5, 5.41) is 0. The first-order valence-corrected chi connectivity index (χ1v) is 7.18. The highest BCUT2D eigenvalue weighted by atomic mass is 16.5. The lowest BCUT2D eigenvalue weighted by Gasteiger charge is -2.30. The zero-order valence-electron chi connectivity index (χ0n) is 11.6. The summed E-state index contributed by atoms with van der Waals surface area (Å²) >= 11 is 0. The first-order chi connectivity index (χ1) is 8.74. The van der Waals surface area contributed by atoms with Crippen molar-refractivity contribution in [2.45, 2.75) is 39.2 Å². The predicted molar refractivity (Wildman–Crippen MR) is 76.0 cm³/mol. The molecule has 0 aliphatic carbocycles. The van der Waals surface area contributed by atoms with Crippen molar-refractivity contribution in [3.63, 3.8) is 0 Å². The second kappa shape index (κ2) is 6.79. The lowest BCUT2D eigenvalue weighted by Crippen LogP contribution is -2.35. The molecule has 1 unspecified atom stereocenters. The summed E-state index contributed by atoms with van der Waals surface area (Å²) in [5.41, 5.74) is 0. The number of benzene rings is 1. The van der Waals surface area contributed by atoms with Gasteiger partial charge in [-0.2, -0.15) is 0 Å². The Morgan fingerprint density at radius 2 is 1.89 bits per heavy atom. The number of likely N-dealkylation sites (tertiary alicyclic amines) is 1. The molecule has 2 heteroatoms. The maximum Gasteiger partial charge on any atom is 0.119 e. The van der Waals surface area contributed by atoms with Crippen LogP contribution in [0.3, 0.4) is 0 Å². The Hall–Kier alpha value is -1.02. The van der Waals surface area contributed by atoms with Gasteiger partial charge >= 0.3 is 0 Å². The number of hydrogen-bond donors (Lipinski definition) is 0. The van der Waals surface area contributed by atoms with Crippen LogP contribution in [0, 0.1) is 5.92 Å². The van der Waals surface area contributed by atoms with Gasteiger partial charge in [0, 0.05) is 6.54 Å². The number of ether oxygens (including phenoxy) is 1. The standard InChI is InChI=1S/C16H25NO/c1-14-8-11-17(12-9-14)13-10-15(2)18-16-6-4-3-5-7-16/h3-7,14-15H,8-13H2,1-2H3. The van der Waals surface area contributed by atoms with Crippen molar-refractivity contribution in [1.82, 2.24) is 4.90 Å². The van der Waals surface area contributed by atoms with Crippen molar-refractivity contribution in [2.24, 2.45) is 5.92 Å². The molecular weight excluding hydrogens is 222 g/mol. The summed E-state index contributed by atoms with van der Waals surface area (Å²) in [6.45, 7) is 8.22. The molecule has 0 radical (unpaired) electrons. The Morgan fingerprint density at radius 1 is 1.22 bits per heavy atom. The molecule has 1 aromatic rings. The minimum Gasteiger partial charge on any atom is -0.491 e. The molecule has 1 saturated heterocycles. The van der Waals surface area contributed by atoms with E-state index < -0.39 is 0 Å². The molecule has 1 fully saturated rings. The molecule has 0 bridgehead atoms. The molecule has 1 aromatic carbocycles. The Bertz CT molecular complexity index is 330. The van der Waals surface area contributed by atoms with E-state index in [0.717, 1.165) is 18.1 Å². The number of nitrogens with zero attached hydrogens (tertiary/aromatic N) is 1. The van der Waals surface area contributed by atoms with Gasteiger partial charge in [-0.25, -0.2) is 0 Å². The zero-order chi connectivity index (χ0) is 12.8. The Balaban J connectivity index is 1.67. The van der Waals surface area contributed by atoms with Gasteiger partial charge in [-0.1, -0.05) is 25.1 Å².